The summed E-state index contributed by atoms with van der Waals surface area (Å²) >= 11 is 0. The Morgan fingerprint density at radius 2 is 2.11 bits per heavy atom. The van der Waals surface area contributed by atoms with E-state index in [-0.39, 0.29) is 23.5 Å². The number of aromatic carboxylic acids is 1. The zero-order chi connectivity index (χ0) is 20.4. The molecule has 0 radical (unpaired) electrons. The van der Waals surface area contributed by atoms with Gasteiger partial charge >= 0.3 is 5.97 Å². The topological polar surface area (TPSA) is 88.6 Å². The van der Waals surface area contributed by atoms with E-state index in [1.807, 2.05) is 0 Å². The van der Waals surface area contributed by atoms with Gasteiger partial charge in [-0.05, 0) is 38.3 Å². The van der Waals surface area contributed by atoms with Crippen molar-refractivity contribution >= 4 is 22.6 Å². The van der Waals surface area contributed by atoms with Crippen LogP contribution in [0.25, 0.3) is 10.9 Å². The lowest BCUT2D eigenvalue weighted by Gasteiger charge is -2.26. The van der Waals surface area contributed by atoms with E-state index >= 15 is 4.39 Å². The van der Waals surface area contributed by atoms with Crippen molar-refractivity contribution in [1.82, 2.24) is 4.57 Å². The number of anilines is 1. The molecule has 2 aliphatic rings. The summed E-state index contributed by atoms with van der Waals surface area (Å²) in [4.78, 5) is 25.9. The predicted molar refractivity (Wildman–Crippen MR) is 102 cm³/mol. The Labute approximate surface area is 160 Å². The number of carboxylic acids is 1. The molecule has 8 heteroatoms. The van der Waals surface area contributed by atoms with E-state index in [2.05, 4.69) is 0 Å². The first-order chi connectivity index (χ1) is 13.2. The minimum Gasteiger partial charge on any atom is -0.477 e. The number of aryl methyl sites for hydroxylation is 1. The molecule has 3 N–H and O–H groups in total. The number of halogens is 2. The molecule has 0 amide bonds. The van der Waals surface area contributed by atoms with Crippen molar-refractivity contribution in [1.29, 1.82) is 0 Å². The molecule has 1 saturated carbocycles. The molecule has 2 heterocycles. The summed E-state index contributed by atoms with van der Waals surface area (Å²) in [5.74, 6) is -2.36. The van der Waals surface area contributed by atoms with E-state index in [0.29, 0.717) is 23.3 Å². The van der Waals surface area contributed by atoms with Gasteiger partial charge in [-0.1, -0.05) is 0 Å². The molecule has 2 unspecified atom stereocenters. The number of hydrogen-bond acceptors (Lipinski definition) is 4. The fourth-order valence-corrected chi connectivity index (χ4v) is 4.33. The molecular formula is C20H23F2N3O3. The van der Waals surface area contributed by atoms with Crippen LogP contribution in [0, 0.1) is 18.7 Å². The molecular weight excluding hydrogens is 368 g/mol. The number of hydrogen-bond donors (Lipinski definition) is 2. The fourth-order valence-electron chi connectivity index (χ4n) is 4.33. The summed E-state index contributed by atoms with van der Waals surface area (Å²) in [6, 6.07) is 1.21. The Morgan fingerprint density at radius 1 is 1.43 bits per heavy atom. The van der Waals surface area contributed by atoms with E-state index < -0.39 is 35.3 Å². The normalized spacial score (nSPS) is 24.9. The van der Waals surface area contributed by atoms with Crippen LogP contribution in [0.4, 0.5) is 14.5 Å². The van der Waals surface area contributed by atoms with Gasteiger partial charge in [0.1, 0.15) is 11.4 Å². The maximum Gasteiger partial charge on any atom is 0.341 e. The van der Waals surface area contributed by atoms with Crippen molar-refractivity contribution in [3.63, 3.8) is 0 Å². The summed E-state index contributed by atoms with van der Waals surface area (Å²) < 4.78 is 30.3. The summed E-state index contributed by atoms with van der Waals surface area (Å²) in [6.07, 6.45) is 3.11. The number of carbonyl (C=O) groups is 1. The molecule has 2 atom stereocenters. The Bertz CT molecular complexity index is 1040. The average molecular weight is 391 g/mol. The van der Waals surface area contributed by atoms with Gasteiger partial charge in [0.2, 0.25) is 5.43 Å². The van der Waals surface area contributed by atoms with Gasteiger partial charge in [0, 0.05) is 42.2 Å². The number of aromatic nitrogens is 1. The van der Waals surface area contributed by atoms with Crippen molar-refractivity contribution in [2.24, 2.45) is 11.7 Å². The molecule has 6 nitrogen and oxygen atoms in total. The smallest absolute Gasteiger partial charge is 0.341 e. The lowest BCUT2D eigenvalue weighted by atomic mass is 9.92. The first kappa shape index (κ1) is 18.9. The standard InChI is InChI=1S/C20H23F2N3O3/c1-10-16-13(18(26)14(19(27)28)8-25(16)12-3-4-12)5-15(22)17(10)24-7-11(6-21)20(2,23)9-24/h5,8,11-12H,3-4,6-7,9,23H2,1-2H3,(H,27,28). The second-order valence-corrected chi connectivity index (χ2v) is 8.28. The molecule has 2 fully saturated rings. The minimum absolute atomic E-state index is 0.0577. The third-order valence-corrected chi connectivity index (χ3v) is 6.06. The van der Waals surface area contributed by atoms with Crippen LogP contribution in [0.2, 0.25) is 0 Å². The highest BCUT2D eigenvalue weighted by Crippen LogP contribution is 2.41. The molecule has 1 saturated heterocycles. The number of nitrogens with two attached hydrogens (primary N) is 1. The van der Waals surface area contributed by atoms with Crippen molar-refractivity contribution in [3.8, 4) is 0 Å². The van der Waals surface area contributed by atoms with Crippen LogP contribution in [-0.2, 0) is 0 Å². The number of carboxylic acid groups (broad SMARTS) is 1. The molecule has 150 valence electrons. The number of benzene rings is 1. The van der Waals surface area contributed by atoms with E-state index in [4.69, 9.17) is 5.73 Å². The molecule has 4 rings (SSSR count). The average Bonchev–Trinajstić information content (AvgIpc) is 3.39. The third-order valence-electron chi connectivity index (χ3n) is 6.06. The van der Waals surface area contributed by atoms with Gasteiger partial charge in [-0.2, -0.15) is 0 Å². The molecule has 1 aromatic heterocycles. The van der Waals surface area contributed by atoms with E-state index in [1.165, 1.54) is 6.20 Å². The maximum absolute atomic E-state index is 15.1. The van der Waals surface area contributed by atoms with Crippen LogP contribution in [0.1, 0.15) is 41.7 Å². The van der Waals surface area contributed by atoms with E-state index in [0.717, 1.165) is 18.9 Å². The Morgan fingerprint density at radius 3 is 2.64 bits per heavy atom. The SMILES string of the molecule is Cc1c(N2CC(CF)C(C)(N)C2)c(F)cc2c(=O)c(C(=O)O)cn(C3CC3)c12. The monoisotopic (exact) mass is 391 g/mol. The lowest BCUT2D eigenvalue weighted by Crippen LogP contribution is -2.45. The summed E-state index contributed by atoms with van der Waals surface area (Å²) in [6.45, 7) is 3.47. The van der Waals surface area contributed by atoms with Crippen molar-refractivity contribution in [2.45, 2.75) is 38.3 Å². The minimum atomic E-state index is -1.33. The summed E-state index contributed by atoms with van der Waals surface area (Å²) in [5, 5.41) is 9.42. The predicted octanol–water partition coefficient (Wildman–Crippen LogP) is 2.61. The van der Waals surface area contributed by atoms with Crippen LogP contribution in [-0.4, -0.2) is 40.9 Å². The molecule has 28 heavy (non-hydrogen) atoms. The van der Waals surface area contributed by atoms with Gasteiger partial charge in [-0.25, -0.2) is 9.18 Å². The van der Waals surface area contributed by atoms with Crippen molar-refractivity contribution in [3.05, 3.63) is 39.4 Å². The number of fused-ring (bicyclic) bond motifs is 1. The van der Waals surface area contributed by atoms with Gasteiger partial charge < -0.3 is 20.3 Å². The fraction of sp³-hybridized carbons (Fsp3) is 0.500. The van der Waals surface area contributed by atoms with E-state index in [9.17, 15) is 19.1 Å². The molecule has 2 aromatic rings. The molecule has 1 aliphatic heterocycles. The van der Waals surface area contributed by atoms with E-state index in [1.54, 1.807) is 23.3 Å². The van der Waals surface area contributed by atoms with Gasteiger partial charge in [0.25, 0.3) is 0 Å². The zero-order valence-corrected chi connectivity index (χ0v) is 15.8. The van der Waals surface area contributed by atoms with Crippen molar-refractivity contribution < 1.29 is 18.7 Å². The summed E-state index contributed by atoms with van der Waals surface area (Å²) in [7, 11) is 0. The quantitative estimate of drug-likeness (QED) is 0.836. The molecule has 1 aliphatic carbocycles. The van der Waals surface area contributed by atoms with Gasteiger partial charge in [0.15, 0.2) is 0 Å². The second-order valence-electron chi connectivity index (χ2n) is 8.28. The zero-order valence-electron chi connectivity index (χ0n) is 15.8. The molecule has 0 bridgehead atoms. The van der Waals surface area contributed by atoms with Crippen molar-refractivity contribution in [2.75, 3.05) is 24.7 Å². The lowest BCUT2D eigenvalue weighted by molar-refractivity contribution is 0.0695. The Balaban J connectivity index is 1.96. The van der Waals surface area contributed by atoms with Crippen LogP contribution < -0.4 is 16.1 Å². The first-order valence-corrected chi connectivity index (χ1v) is 9.36. The Kier molecular flexibility index (Phi) is 4.22. The number of alkyl halides is 1. The highest BCUT2D eigenvalue weighted by Gasteiger charge is 2.41. The maximum atomic E-state index is 15.1. The molecule has 0 spiro atoms. The molecule has 1 aromatic carbocycles. The number of rotatable bonds is 4. The number of pyridine rings is 1. The Hall–Kier alpha value is -2.48. The summed E-state index contributed by atoms with van der Waals surface area (Å²) in [5.41, 5.74) is 5.76. The van der Waals surface area contributed by atoms with Gasteiger partial charge in [0.05, 0.1) is 17.9 Å². The first-order valence-electron chi connectivity index (χ1n) is 9.36. The van der Waals surface area contributed by atoms with Crippen LogP contribution in [0.15, 0.2) is 17.1 Å². The van der Waals surface area contributed by atoms with Crippen LogP contribution in [0.5, 0.6) is 0 Å². The van der Waals surface area contributed by atoms with Crippen LogP contribution in [0.3, 0.4) is 0 Å². The second kappa shape index (κ2) is 6.27. The van der Waals surface area contributed by atoms with Gasteiger partial charge in [-0.3, -0.25) is 9.18 Å². The highest BCUT2D eigenvalue weighted by molar-refractivity contribution is 5.95. The number of nitrogens with zero attached hydrogens (tertiary/aromatic N) is 2. The largest absolute Gasteiger partial charge is 0.477 e. The highest BCUT2D eigenvalue weighted by atomic mass is 19.1. The third kappa shape index (κ3) is 2.78. The van der Waals surface area contributed by atoms with Crippen LogP contribution >= 0.6 is 0 Å². The van der Waals surface area contributed by atoms with Gasteiger partial charge in [-0.15, -0.1) is 0 Å².